The van der Waals surface area contributed by atoms with Crippen molar-refractivity contribution in [1.29, 1.82) is 0 Å². The molecule has 3 rings (SSSR count). The molecule has 0 saturated carbocycles. The van der Waals surface area contributed by atoms with Crippen LogP contribution in [0, 0.1) is 6.92 Å². The van der Waals surface area contributed by atoms with Crippen LogP contribution in [0.5, 0.6) is 0 Å². The van der Waals surface area contributed by atoms with E-state index in [0.29, 0.717) is 30.8 Å². The van der Waals surface area contributed by atoms with Crippen molar-refractivity contribution in [3.8, 4) is 0 Å². The topological polar surface area (TPSA) is 71.5 Å². The molecule has 27 heavy (non-hydrogen) atoms. The predicted octanol–water partition coefficient (Wildman–Crippen LogP) is 3.92. The Morgan fingerprint density at radius 2 is 2.04 bits per heavy atom. The molecule has 0 aliphatic rings. The zero-order chi connectivity index (χ0) is 19.2. The van der Waals surface area contributed by atoms with Crippen LogP contribution >= 0.6 is 0 Å². The molecule has 0 aliphatic carbocycles. The number of hydrogen-bond donors (Lipinski definition) is 1. The molecule has 0 atom stereocenters. The van der Waals surface area contributed by atoms with Crippen LogP contribution < -0.4 is 5.32 Å². The lowest BCUT2D eigenvalue weighted by molar-refractivity contribution is 0.0943. The monoisotopic (exact) mass is 367 g/mol. The highest BCUT2D eigenvalue weighted by Crippen LogP contribution is 2.14. The first kappa shape index (κ1) is 18.9. The quantitative estimate of drug-likeness (QED) is 0.653. The van der Waals surface area contributed by atoms with Crippen LogP contribution in [0.3, 0.4) is 0 Å². The van der Waals surface area contributed by atoms with Crippen molar-refractivity contribution in [1.82, 2.24) is 15.2 Å². The molecule has 3 aromatic rings. The Bertz CT molecular complexity index is 868. The fourth-order valence-electron chi connectivity index (χ4n) is 2.80. The van der Waals surface area contributed by atoms with Crippen molar-refractivity contribution >= 4 is 5.91 Å². The van der Waals surface area contributed by atoms with Gasteiger partial charge in [-0.2, -0.15) is 0 Å². The molecule has 0 bridgehead atoms. The third-order valence-electron chi connectivity index (χ3n) is 4.32. The zero-order valence-electron chi connectivity index (χ0n) is 15.9. The van der Waals surface area contributed by atoms with E-state index in [1.807, 2.05) is 0 Å². The van der Waals surface area contributed by atoms with Crippen molar-refractivity contribution in [3.63, 3.8) is 0 Å². The fourth-order valence-corrected chi connectivity index (χ4v) is 2.80. The second-order valence-electron chi connectivity index (χ2n) is 6.88. The highest BCUT2D eigenvalue weighted by Gasteiger charge is 2.17. The lowest BCUT2D eigenvalue weighted by Gasteiger charge is -2.25. The van der Waals surface area contributed by atoms with E-state index in [-0.39, 0.29) is 11.6 Å². The molecule has 1 aromatic carbocycles. The van der Waals surface area contributed by atoms with E-state index < -0.39 is 0 Å². The first-order chi connectivity index (χ1) is 13.0. The summed E-state index contributed by atoms with van der Waals surface area (Å²) in [5.41, 5.74) is 2.75. The maximum absolute atomic E-state index is 12.2. The van der Waals surface area contributed by atoms with E-state index >= 15 is 0 Å². The number of hydrogen-bond acceptors (Lipinski definition) is 5. The number of carbonyl (C=O) groups excluding carboxylic acids is 1. The van der Waals surface area contributed by atoms with Crippen LogP contribution in [0.4, 0.5) is 0 Å². The standard InChI is InChI=1S/C21H25N3O3/c1-15(2)24(12-17-7-4-6-16(3)10-17)13-20-23-19(14-27-20)21(25)22-11-18-8-5-9-26-18/h4-10,14-15H,11-13H2,1-3H3,(H,22,25). The number of nitrogens with zero attached hydrogens (tertiary/aromatic N) is 2. The first-order valence-corrected chi connectivity index (χ1v) is 9.06. The minimum absolute atomic E-state index is 0.274. The molecule has 1 N–H and O–H groups in total. The SMILES string of the molecule is Cc1cccc(CN(Cc2nc(C(=O)NCc3ccco3)co2)C(C)C)c1. The van der Waals surface area contributed by atoms with Gasteiger partial charge in [-0.15, -0.1) is 0 Å². The molecule has 0 aliphatic heterocycles. The molecule has 142 valence electrons. The first-order valence-electron chi connectivity index (χ1n) is 9.06. The van der Waals surface area contributed by atoms with Crippen LogP contribution in [0.25, 0.3) is 0 Å². The Morgan fingerprint density at radius 1 is 1.19 bits per heavy atom. The van der Waals surface area contributed by atoms with Crippen LogP contribution in [-0.2, 0) is 19.6 Å². The van der Waals surface area contributed by atoms with Crippen molar-refractivity contribution in [2.75, 3.05) is 0 Å². The van der Waals surface area contributed by atoms with Crippen LogP contribution in [0.2, 0.25) is 0 Å². The van der Waals surface area contributed by atoms with E-state index in [1.54, 1.807) is 18.4 Å². The summed E-state index contributed by atoms with van der Waals surface area (Å²) in [4.78, 5) is 18.8. The summed E-state index contributed by atoms with van der Waals surface area (Å²) in [6.45, 7) is 8.01. The number of benzene rings is 1. The maximum atomic E-state index is 12.2. The maximum Gasteiger partial charge on any atom is 0.273 e. The number of aromatic nitrogens is 1. The van der Waals surface area contributed by atoms with Gasteiger partial charge in [0, 0.05) is 12.6 Å². The van der Waals surface area contributed by atoms with E-state index in [0.717, 1.165) is 6.54 Å². The minimum atomic E-state index is -0.281. The number of furan rings is 1. The van der Waals surface area contributed by atoms with Gasteiger partial charge in [-0.3, -0.25) is 9.69 Å². The molecular formula is C21H25N3O3. The molecular weight excluding hydrogens is 342 g/mol. The summed E-state index contributed by atoms with van der Waals surface area (Å²) in [6, 6.07) is 12.4. The number of carbonyl (C=O) groups is 1. The predicted molar refractivity (Wildman–Crippen MR) is 102 cm³/mol. The third-order valence-corrected chi connectivity index (χ3v) is 4.32. The Labute approximate surface area is 159 Å². The van der Waals surface area contributed by atoms with Gasteiger partial charge in [0.2, 0.25) is 5.89 Å². The average Bonchev–Trinajstić information content (AvgIpc) is 3.31. The molecule has 0 fully saturated rings. The molecule has 0 saturated heterocycles. The highest BCUT2D eigenvalue weighted by atomic mass is 16.3. The number of rotatable bonds is 8. The molecule has 6 heteroatoms. The van der Waals surface area contributed by atoms with E-state index in [2.05, 4.69) is 60.2 Å². The average molecular weight is 367 g/mol. The summed E-state index contributed by atoms with van der Waals surface area (Å²) in [5, 5.41) is 2.77. The van der Waals surface area contributed by atoms with Crippen molar-refractivity contribution in [3.05, 3.63) is 77.4 Å². The third kappa shape index (κ3) is 5.31. The Hall–Kier alpha value is -2.86. The second kappa shape index (κ2) is 8.68. The summed E-state index contributed by atoms with van der Waals surface area (Å²) < 4.78 is 10.7. The summed E-state index contributed by atoms with van der Waals surface area (Å²) in [7, 11) is 0. The molecule has 2 heterocycles. The van der Waals surface area contributed by atoms with Crippen molar-refractivity contribution < 1.29 is 13.6 Å². The Balaban J connectivity index is 1.61. The summed E-state index contributed by atoms with van der Waals surface area (Å²) >= 11 is 0. The largest absolute Gasteiger partial charge is 0.467 e. The number of aryl methyl sites for hydroxylation is 1. The van der Waals surface area contributed by atoms with Gasteiger partial charge >= 0.3 is 0 Å². The Kier molecular flexibility index (Phi) is 6.08. The molecule has 0 unspecified atom stereocenters. The van der Waals surface area contributed by atoms with Crippen molar-refractivity contribution in [2.45, 2.75) is 46.4 Å². The van der Waals surface area contributed by atoms with Gasteiger partial charge in [0.05, 0.1) is 19.4 Å². The number of oxazole rings is 1. The van der Waals surface area contributed by atoms with E-state index in [4.69, 9.17) is 8.83 Å². The second-order valence-corrected chi connectivity index (χ2v) is 6.88. The highest BCUT2D eigenvalue weighted by molar-refractivity contribution is 5.91. The van der Waals surface area contributed by atoms with Gasteiger partial charge in [0.15, 0.2) is 5.69 Å². The van der Waals surface area contributed by atoms with Gasteiger partial charge < -0.3 is 14.2 Å². The van der Waals surface area contributed by atoms with Gasteiger partial charge in [-0.25, -0.2) is 4.98 Å². The molecule has 0 radical (unpaired) electrons. The molecule has 6 nitrogen and oxygen atoms in total. The lowest BCUT2D eigenvalue weighted by Crippen LogP contribution is -2.30. The molecule has 0 spiro atoms. The van der Waals surface area contributed by atoms with Gasteiger partial charge in [-0.05, 0) is 38.5 Å². The van der Waals surface area contributed by atoms with E-state index in [9.17, 15) is 4.79 Å². The minimum Gasteiger partial charge on any atom is -0.467 e. The molecule has 2 aromatic heterocycles. The number of amides is 1. The number of nitrogens with one attached hydrogen (secondary N) is 1. The van der Waals surface area contributed by atoms with Gasteiger partial charge in [-0.1, -0.05) is 29.8 Å². The fraction of sp³-hybridized carbons (Fsp3) is 0.333. The van der Waals surface area contributed by atoms with Crippen LogP contribution in [0.15, 0.2) is 57.8 Å². The van der Waals surface area contributed by atoms with Gasteiger partial charge in [0.25, 0.3) is 5.91 Å². The summed E-state index contributed by atoms with van der Waals surface area (Å²) in [6.07, 6.45) is 2.97. The Morgan fingerprint density at radius 3 is 2.74 bits per heavy atom. The normalized spacial score (nSPS) is 11.3. The summed E-state index contributed by atoms with van der Waals surface area (Å²) in [5.74, 6) is 0.937. The zero-order valence-corrected chi connectivity index (χ0v) is 15.9. The van der Waals surface area contributed by atoms with Gasteiger partial charge in [0.1, 0.15) is 12.0 Å². The lowest BCUT2D eigenvalue weighted by atomic mass is 10.1. The molecule has 1 amide bonds. The van der Waals surface area contributed by atoms with E-state index in [1.165, 1.54) is 17.4 Å². The van der Waals surface area contributed by atoms with Crippen LogP contribution in [0.1, 0.15) is 47.1 Å². The van der Waals surface area contributed by atoms with Crippen LogP contribution in [-0.4, -0.2) is 21.8 Å². The smallest absolute Gasteiger partial charge is 0.273 e. The van der Waals surface area contributed by atoms with Crippen molar-refractivity contribution in [2.24, 2.45) is 0 Å².